The van der Waals surface area contributed by atoms with Gasteiger partial charge < -0.3 is 5.32 Å². The van der Waals surface area contributed by atoms with E-state index in [9.17, 15) is 0 Å². The monoisotopic (exact) mass is 265 g/mol. The van der Waals surface area contributed by atoms with Crippen LogP contribution in [0.25, 0.3) is 10.9 Å². The number of hydrogen-bond acceptors (Lipinski definition) is 2. The molecule has 0 atom stereocenters. The number of hydrogen-bond donors (Lipinski definition) is 1. The SMILES string of the molecule is CCNCc1nn(Cc2ccccc2)c2ccccc12. The molecule has 3 rings (SSSR count). The van der Waals surface area contributed by atoms with Crippen molar-refractivity contribution in [1.29, 1.82) is 0 Å². The second-order valence-electron chi connectivity index (χ2n) is 4.89. The zero-order valence-corrected chi connectivity index (χ0v) is 11.7. The van der Waals surface area contributed by atoms with E-state index in [1.165, 1.54) is 16.5 Å². The van der Waals surface area contributed by atoms with E-state index < -0.39 is 0 Å². The van der Waals surface area contributed by atoms with Gasteiger partial charge in [0.15, 0.2) is 0 Å². The van der Waals surface area contributed by atoms with Gasteiger partial charge in [0, 0.05) is 11.9 Å². The van der Waals surface area contributed by atoms with Crippen LogP contribution in [0.3, 0.4) is 0 Å². The highest BCUT2D eigenvalue weighted by atomic mass is 15.3. The molecule has 0 spiro atoms. The molecule has 0 aliphatic carbocycles. The van der Waals surface area contributed by atoms with Gasteiger partial charge in [-0.05, 0) is 18.2 Å². The van der Waals surface area contributed by atoms with Crippen molar-refractivity contribution >= 4 is 10.9 Å². The van der Waals surface area contributed by atoms with Crippen LogP contribution in [-0.4, -0.2) is 16.3 Å². The number of nitrogens with one attached hydrogen (secondary N) is 1. The smallest absolute Gasteiger partial charge is 0.0841 e. The maximum Gasteiger partial charge on any atom is 0.0841 e. The molecule has 2 aromatic carbocycles. The highest BCUT2D eigenvalue weighted by Crippen LogP contribution is 2.19. The quantitative estimate of drug-likeness (QED) is 0.768. The van der Waals surface area contributed by atoms with Crippen molar-refractivity contribution < 1.29 is 0 Å². The molecule has 20 heavy (non-hydrogen) atoms. The Morgan fingerprint density at radius 3 is 2.55 bits per heavy atom. The van der Waals surface area contributed by atoms with Crippen molar-refractivity contribution in [2.75, 3.05) is 6.54 Å². The normalized spacial score (nSPS) is 11.1. The Bertz CT molecular complexity index is 686. The van der Waals surface area contributed by atoms with Gasteiger partial charge >= 0.3 is 0 Å². The zero-order chi connectivity index (χ0) is 13.8. The number of nitrogens with zero attached hydrogens (tertiary/aromatic N) is 2. The van der Waals surface area contributed by atoms with Crippen LogP contribution >= 0.6 is 0 Å². The van der Waals surface area contributed by atoms with Crippen LogP contribution in [0, 0.1) is 0 Å². The van der Waals surface area contributed by atoms with Crippen LogP contribution in [0.15, 0.2) is 54.6 Å². The largest absolute Gasteiger partial charge is 0.311 e. The number of fused-ring (bicyclic) bond motifs is 1. The topological polar surface area (TPSA) is 29.9 Å². The molecule has 0 fully saturated rings. The molecule has 0 saturated heterocycles. The van der Waals surface area contributed by atoms with Gasteiger partial charge in [-0.15, -0.1) is 0 Å². The van der Waals surface area contributed by atoms with Crippen molar-refractivity contribution in [2.24, 2.45) is 0 Å². The second-order valence-corrected chi connectivity index (χ2v) is 4.89. The summed E-state index contributed by atoms with van der Waals surface area (Å²) in [5.41, 5.74) is 3.60. The molecule has 1 aromatic heterocycles. The number of benzene rings is 2. The summed E-state index contributed by atoms with van der Waals surface area (Å²) in [6.07, 6.45) is 0. The van der Waals surface area contributed by atoms with Gasteiger partial charge in [-0.25, -0.2) is 0 Å². The van der Waals surface area contributed by atoms with Gasteiger partial charge in [0.2, 0.25) is 0 Å². The number of aromatic nitrogens is 2. The molecular weight excluding hydrogens is 246 g/mol. The predicted molar refractivity (Wildman–Crippen MR) is 82.7 cm³/mol. The van der Waals surface area contributed by atoms with Crippen molar-refractivity contribution in [3.8, 4) is 0 Å². The van der Waals surface area contributed by atoms with E-state index in [4.69, 9.17) is 5.10 Å². The highest BCUT2D eigenvalue weighted by Gasteiger charge is 2.09. The molecule has 3 aromatic rings. The summed E-state index contributed by atoms with van der Waals surface area (Å²) in [4.78, 5) is 0. The molecule has 3 nitrogen and oxygen atoms in total. The van der Waals surface area contributed by atoms with E-state index in [2.05, 4.69) is 65.5 Å². The van der Waals surface area contributed by atoms with E-state index >= 15 is 0 Å². The van der Waals surface area contributed by atoms with E-state index in [1.807, 2.05) is 6.07 Å². The molecule has 102 valence electrons. The van der Waals surface area contributed by atoms with Crippen LogP contribution in [0.4, 0.5) is 0 Å². The lowest BCUT2D eigenvalue weighted by Gasteiger charge is -2.03. The fraction of sp³-hybridized carbons (Fsp3) is 0.235. The molecule has 0 radical (unpaired) electrons. The van der Waals surface area contributed by atoms with Crippen LogP contribution in [-0.2, 0) is 13.1 Å². The minimum absolute atomic E-state index is 0.813. The van der Waals surface area contributed by atoms with Gasteiger partial charge in [0.1, 0.15) is 0 Å². The highest BCUT2D eigenvalue weighted by molar-refractivity contribution is 5.82. The average molecular weight is 265 g/mol. The van der Waals surface area contributed by atoms with Gasteiger partial charge in [0.05, 0.1) is 17.8 Å². The lowest BCUT2D eigenvalue weighted by atomic mass is 10.2. The summed E-state index contributed by atoms with van der Waals surface area (Å²) in [5, 5.41) is 9.37. The summed E-state index contributed by atoms with van der Waals surface area (Å²) >= 11 is 0. The van der Waals surface area contributed by atoms with Gasteiger partial charge in [-0.2, -0.15) is 5.10 Å². The van der Waals surface area contributed by atoms with Crippen molar-refractivity contribution in [3.05, 3.63) is 65.9 Å². The average Bonchev–Trinajstić information content (AvgIpc) is 2.85. The van der Waals surface area contributed by atoms with Gasteiger partial charge in [-0.3, -0.25) is 4.68 Å². The first kappa shape index (κ1) is 12.9. The molecule has 0 saturated carbocycles. The Kier molecular flexibility index (Phi) is 3.79. The van der Waals surface area contributed by atoms with Crippen LogP contribution in [0.5, 0.6) is 0 Å². The Labute approximate surface area is 119 Å². The lowest BCUT2D eigenvalue weighted by molar-refractivity contribution is 0.657. The summed E-state index contributed by atoms with van der Waals surface area (Å²) in [7, 11) is 0. The second kappa shape index (κ2) is 5.88. The minimum Gasteiger partial charge on any atom is -0.311 e. The number of para-hydroxylation sites is 1. The third-order valence-corrected chi connectivity index (χ3v) is 3.45. The van der Waals surface area contributed by atoms with Crippen molar-refractivity contribution in [1.82, 2.24) is 15.1 Å². The van der Waals surface area contributed by atoms with E-state index in [0.717, 1.165) is 25.3 Å². The molecule has 1 N–H and O–H groups in total. The van der Waals surface area contributed by atoms with Gasteiger partial charge in [0.25, 0.3) is 0 Å². The molecule has 3 heteroatoms. The molecule has 0 amide bonds. The fourth-order valence-corrected chi connectivity index (χ4v) is 2.45. The Morgan fingerprint density at radius 1 is 1.00 bits per heavy atom. The van der Waals surface area contributed by atoms with Crippen LogP contribution in [0.2, 0.25) is 0 Å². The van der Waals surface area contributed by atoms with Crippen LogP contribution < -0.4 is 5.32 Å². The first-order valence-corrected chi connectivity index (χ1v) is 7.07. The summed E-state index contributed by atoms with van der Waals surface area (Å²) in [6, 6.07) is 18.9. The summed E-state index contributed by atoms with van der Waals surface area (Å²) in [5.74, 6) is 0. The fourth-order valence-electron chi connectivity index (χ4n) is 2.45. The third-order valence-electron chi connectivity index (χ3n) is 3.45. The van der Waals surface area contributed by atoms with Gasteiger partial charge in [-0.1, -0.05) is 55.5 Å². The third kappa shape index (κ3) is 2.58. The van der Waals surface area contributed by atoms with E-state index in [1.54, 1.807) is 0 Å². The van der Waals surface area contributed by atoms with Crippen molar-refractivity contribution in [3.63, 3.8) is 0 Å². The maximum absolute atomic E-state index is 4.78. The maximum atomic E-state index is 4.78. The molecular formula is C17H19N3. The Balaban J connectivity index is 1.98. The number of rotatable bonds is 5. The van der Waals surface area contributed by atoms with E-state index in [0.29, 0.717) is 0 Å². The summed E-state index contributed by atoms with van der Waals surface area (Å²) in [6.45, 7) is 4.70. The summed E-state index contributed by atoms with van der Waals surface area (Å²) < 4.78 is 2.09. The minimum atomic E-state index is 0.813. The lowest BCUT2D eigenvalue weighted by Crippen LogP contribution is -2.13. The molecule has 0 aliphatic rings. The first-order chi connectivity index (χ1) is 9.88. The van der Waals surface area contributed by atoms with Crippen LogP contribution in [0.1, 0.15) is 18.2 Å². The Morgan fingerprint density at radius 2 is 1.75 bits per heavy atom. The zero-order valence-electron chi connectivity index (χ0n) is 11.7. The standard InChI is InChI=1S/C17H19N3/c1-2-18-12-16-15-10-6-7-11-17(15)20(19-16)13-14-8-4-3-5-9-14/h3-11,18H,2,12-13H2,1H3. The molecule has 0 bridgehead atoms. The Hall–Kier alpha value is -2.13. The van der Waals surface area contributed by atoms with Crippen molar-refractivity contribution in [2.45, 2.75) is 20.0 Å². The molecule has 0 unspecified atom stereocenters. The van der Waals surface area contributed by atoms with E-state index in [-0.39, 0.29) is 0 Å². The molecule has 0 aliphatic heterocycles. The first-order valence-electron chi connectivity index (χ1n) is 7.07. The predicted octanol–water partition coefficient (Wildman–Crippen LogP) is 3.19. The molecule has 1 heterocycles.